The minimum atomic E-state index is -4.37. The number of rotatable bonds is 7. The van der Waals surface area contributed by atoms with E-state index in [9.17, 15) is 21.6 Å². The van der Waals surface area contributed by atoms with Gasteiger partial charge in [0.1, 0.15) is 17.2 Å². The van der Waals surface area contributed by atoms with E-state index in [1.807, 2.05) is 4.90 Å². The van der Waals surface area contributed by atoms with Crippen molar-refractivity contribution in [2.45, 2.75) is 70.7 Å². The summed E-state index contributed by atoms with van der Waals surface area (Å²) in [7, 11) is -3.83. The molecule has 0 radical (unpaired) electrons. The van der Waals surface area contributed by atoms with Crippen molar-refractivity contribution < 1.29 is 30.7 Å². The van der Waals surface area contributed by atoms with Crippen LogP contribution in [0, 0.1) is 5.82 Å². The van der Waals surface area contributed by atoms with E-state index in [0.29, 0.717) is 17.0 Å². The largest absolute Gasteiger partial charge is 0.487 e. The lowest BCUT2D eigenvalue weighted by Gasteiger charge is -2.42. The molecule has 1 atom stereocenters. The van der Waals surface area contributed by atoms with Crippen LogP contribution >= 0.6 is 0 Å². The second-order valence-corrected chi connectivity index (χ2v) is 11.1. The normalized spacial score (nSPS) is 21.3. The molecule has 1 aromatic carbocycles. The highest BCUT2D eigenvalue weighted by atomic mass is 32.2. The summed E-state index contributed by atoms with van der Waals surface area (Å²) in [6, 6.07) is 2.11. The average molecular weight is 467 g/mol. The Morgan fingerprint density at radius 1 is 1.23 bits per heavy atom. The number of sulfonamides is 1. The maximum atomic E-state index is 15.0. The number of hydrogen-bond donors (Lipinski definition) is 0. The van der Waals surface area contributed by atoms with Gasteiger partial charge in [0, 0.05) is 44.1 Å². The lowest BCUT2D eigenvalue weighted by atomic mass is 9.89. The first-order valence-electron chi connectivity index (χ1n) is 10.7. The van der Waals surface area contributed by atoms with E-state index in [1.165, 1.54) is 13.0 Å². The lowest BCUT2D eigenvalue weighted by molar-refractivity contribution is -0.136. The van der Waals surface area contributed by atoms with E-state index in [-0.39, 0.29) is 25.1 Å². The Morgan fingerprint density at radius 2 is 1.87 bits per heavy atom. The van der Waals surface area contributed by atoms with Gasteiger partial charge in [0.15, 0.2) is 0 Å². The van der Waals surface area contributed by atoms with Crippen molar-refractivity contribution in [1.29, 1.82) is 0 Å². The predicted molar refractivity (Wildman–Crippen MR) is 111 cm³/mol. The van der Waals surface area contributed by atoms with Crippen molar-refractivity contribution in [2.24, 2.45) is 0 Å². The summed E-state index contributed by atoms with van der Waals surface area (Å²) in [5, 5.41) is 0. The molecule has 176 valence electrons. The van der Waals surface area contributed by atoms with E-state index >= 15 is 4.39 Å². The summed E-state index contributed by atoms with van der Waals surface area (Å²) >= 11 is 0. The molecule has 0 spiro atoms. The van der Waals surface area contributed by atoms with E-state index in [4.69, 9.17) is 4.74 Å². The zero-order valence-corrected chi connectivity index (χ0v) is 19.0. The van der Waals surface area contributed by atoms with Crippen LogP contribution in [0.2, 0.25) is 0 Å². The van der Waals surface area contributed by atoms with Crippen LogP contribution in [0.5, 0.6) is 5.75 Å². The van der Waals surface area contributed by atoms with Gasteiger partial charge in [-0.2, -0.15) is 17.5 Å². The number of nitrogens with zero attached hydrogens (tertiary/aromatic N) is 2. The lowest BCUT2D eigenvalue weighted by Crippen LogP contribution is -2.45. The zero-order chi connectivity index (χ0) is 23.0. The van der Waals surface area contributed by atoms with Crippen LogP contribution in [0.1, 0.15) is 64.5 Å². The smallest absolute Gasteiger partial charge is 0.389 e. The predicted octanol–water partition coefficient (Wildman–Crippen LogP) is 5.02. The maximum absolute atomic E-state index is 15.0. The maximum Gasteiger partial charge on any atom is 0.389 e. The van der Waals surface area contributed by atoms with Gasteiger partial charge in [0.05, 0.1) is 17.5 Å². The summed E-state index contributed by atoms with van der Waals surface area (Å²) in [6.07, 6.45) is -3.66. The molecule has 2 heterocycles. The van der Waals surface area contributed by atoms with Gasteiger partial charge in [-0.25, -0.2) is 12.8 Å². The molecular weight excluding hydrogens is 436 g/mol. The van der Waals surface area contributed by atoms with Gasteiger partial charge in [0.25, 0.3) is 0 Å². The first-order chi connectivity index (χ1) is 14.3. The molecule has 1 saturated heterocycles. The Hall–Kier alpha value is -1.55. The molecule has 2 aliphatic heterocycles. The minimum absolute atomic E-state index is 0.216. The second kappa shape index (κ2) is 8.77. The van der Waals surface area contributed by atoms with Gasteiger partial charge in [-0.15, -0.1) is 0 Å². The molecule has 5 nitrogen and oxygen atoms in total. The van der Waals surface area contributed by atoms with E-state index in [2.05, 4.69) is 0 Å². The molecule has 31 heavy (non-hydrogen) atoms. The molecule has 1 aromatic rings. The Kier molecular flexibility index (Phi) is 6.82. The number of halogens is 4. The summed E-state index contributed by atoms with van der Waals surface area (Å²) in [4.78, 5) is 1.93. The molecule has 1 unspecified atom stereocenters. The second-order valence-electron chi connectivity index (χ2n) is 8.85. The molecule has 0 amide bonds. The van der Waals surface area contributed by atoms with Crippen molar-refractivity contribution >= 4 is 15.7 Å². The highest BCUT2D eigenvalue weighted by Gasteiger charge is 2.42. The highest BCUT2D eigenvalue weighted by Crippen LogP contribution is 2.46. The third-order valence-electron chi connectivity index (χ3n) is 5.86. The van der Waals surface area contributed by atoms with Crippen LogP contribution in [-0.2, 0) is 10.0 Å². The third-order valence-corrected chi connectivity index (χ3v) is 7.75. The SMILES string of the molecule is CCS(=O)(=O)N(CCCC(F)(F)F)C1CC(C)(C)Oc2cc(N3CCCC3)c(F)cc21. The van der Waals surface area contributed by atoms with Crippen LogP contribution in [0.3, 0.4) is 0 Å². The minimum Gasteiger partial charge on any atom is -0.487 e. The van der Waals surface area contributed by atoms with Crippen molar-refractivity contribution in [3.05, 3.63) is 23.5 Å². The number of hydrogen-bond acceptors (Lipinski definition) is 4. The average Bonchev–Trinajstić information content (AvgIpc) is 3.18. The molecular formula is C21H30F4N2O3S. The van der Waals surface area contributed by atoms with Crippen LogP contribution < -0.4 is 9.64 Å². The van der Waals surface area contributed by atoms with Gasteiger partial charge in [-0.3, -0.25) is 0 Å². The fraction of sp³-hybridized carbons (Fsp3) is 0.714. The van der Waals surface area contributed by atoms with Gasteiger partial charge in [0.2, 0.25) is 10.0 Å². The highest BCUT2D eigenvalue weighted by molar-refractivity contribution is 7.89. The summed E-state index contributed by atoms with van der Waals surface area (Å²) in [6.45, 7) is 6.23. The summed E-state index contributed by atoms with van der Waals surface area (Å²) in [5.41, 5.74) is 0.0158. The summed E-state index contributed by atoms with van der Waals surface area (Å²) in [5.74, 6) is -0.338. The van der Waals surface area contributed by atoms with E-state index < -0.39 is 40.1 Å². The number of alkyl halides is 3. The van der Waals surface area contributed by atoms with E-state index in [1.54, 1.807) is 19.9 Å². The monoisotopic (exact) mass is 466 g/mol. The Bertz CT molecular complexity index is 897. The number of anilines is 1. The third kappa shape index (κ3) is 5.63. The van der Waals surface area contributed by atoms with Gasteiger partial charge in [-0.1, -0.05) is 0 Å². The van der Waals surface area contributed by atoms with Gasteiger partial charge >= 0.3 is 6.18 Å². The first-order valence-corrected chi connectivity index (χ1v) is 12.3. The molecule has 0 saturated carbocycles. The van der Waals surface area contributed by atoms with Crippen molar-refractivity contribution in [3.63, 3.8) is 0 Å². The molecule has 10 heteroatoms. The first kappa shape index (κ1) is 24.1. The number of benzene rings is 1. The number of ether oxygens (including phenoxy) is 1. The Balaban J connectivity index is 2.00. The molecule has 0 aromatic heterocycles. The molecule has 0 aliphatic carbocycles. The molecule has 2 aliphatic rings. The van der Waals surface area contributed by atoms with Gasteiger partial charge in [-0.05, 0) is 46.1 Å². The Labute approximate surface area is 181 Å². The van der Waals surface area contributed by atoms with Crippen LogP contribution in [0.15, 0.2) is 12.1 Å². The summed E-state index contributed by atoms with van der Waals surface area (Å²) < 4.78 is 86.0. The molecule has 3 rings (SSSR count). The number of fused-ring (bicyclic) bond motifs is 1. The zero-order valence-electron chi connectivity index (χ0n) is 18.1. The van der Waals surface area contributed by atoms with Crippen LogP contribution in [0.4, 0.5) is 23.2 Å². The Morgan fingerprint density at radius 3 is 2.45 bits per heavy atom. The topological polar surface area (TPSA) is 49.9 Å². The van der Waals surface area contributed by atoms with Crippen molar-refractivity contribution in [2.75, 3.05) is 30.3 Å². The standard InChI is InChI=1S/C21H30F4N2O3S/c1-4-31(28,29)27(11-7-8-21(23,24)25)18-14-20(2,3)30-19-13-17(16(22)12-15(18)19)26-9-5-6-10-26/h12-13,18H,4-11,14H2,1-3H3. The van der Waals surface area contributed by atoms with Gasteiger partial charge < -0.3 is 9.64 Å². The molecule has 1 fully saturated rings. The van der Waals surface area contributed by atoms with Crippen molar-refractivity contribution in [1.82, 2.24) is 4.31 Å². The quantitative estimate of drug-likeness (QED) is 0.530. The van der Waals surface area contributed by atoms with E-state index in [0.717, 1.165) is 30.2 Å². The molecule has 0 bridgehead atoms. The van der Waals surface area contributed by atoms with Crippen LogP contribution in [0.25, 0.3) is 0 Å². The van der Waals surface area contributed by atoms with Crippen LogP contribution in [-0.4, -0.2) is 49.9 Å². The molecule has 0 N–H and O–H groups in total. The van der Waals surface area contributed by atoms with Crippen molar-refractivity contribution in [3.8, 4) is 5.75 Å². The fourth-order valence-electron chi connectivity index (χ4n) is 4.37. The fourth-order valence-corrected chi connectivity index (χ4v) is 5.68.